The molecule has 1 aromatic carbocycles. The predicted molar refractivity (Wildman–Crippen MR) is 86.2 cm³/mol. The van der Waals surface area contributed by atoms with E-state index in [1.807, 2.05) is 13.8 Å². The molecule has 0 aliphatic heterocycles. The van der Waals surface area contributed by atoms with Crippen molar-refractivity contribution in [3.63, 3.8) is 0 Å². The molecule has 0 saturated carbocycles. The van der Waals surface area contributed by atoms with Gasteiger partial charge in [-0.25, -0.2) is 4.68 Å². The van der Waals surface area contributed by atoms with E-state index < -0.39 is 23.2 Å². The van der Waals surface area contributed by atoms with Gasteiger partial charge in [-0.3, -0.25) is 4.79 Å². The van der Waals surface area contributed by atoms with Crippen LogP contribution in [0.25, 0.3) is 5.69 Å². The van der Waals surface area contributed by atoms with Crippen molar-refractivity contribution in [1.29, 1.82) is 0 Å². The first-order chi connectivity index (χ1) is 11.8. The van der Waals surface area contributed by atoms with Gasteiger partial charge in [-0.15, -0.1) is 5.10 Å². The van der Waals surface area contributed by atoms with Gasteiger partial charge < -0.3 is 11.1 Å². The molecule has 0 bridgehead atoms. The van der Waals surface area contributed by atoms with Gasteiger partial charge in [0.1, 0.15) is 0 Å². The molecule has 0 unspecified atom stereocenters. The van der Waals surface area contributed by atoms with Crippen LogP contribution in [0, 0.1) is 0 Å². The Balaban J connectivity index is 2.31. The van der Waals surface area contributed by atoms with Crippen molar-refractivity contribution in [3.8, 4) is 5.69 Å². The van der Waals surface area contributed by atoms with Gasteiger partial charge in [-0.05, 0) is 25.0 Å². The molecule has 25 heavy (non-hydrogen) atoms. The van der Waals surface area contributed by atoms with Crippen molar-refractivity contribution < 1.29 is 18.0 Å². The van der Waals surface area contributed by atoms with Crippen LogP contribution in [0.15, 0.2) is 30.5 Å². The molecule has 0 saturated heterocycles. The number of hydrogen-bond acceptors (Lipinski definition) is 4. The number of alkyl halides is 3. The summed E-state index contributed by atoms with van der Waals surface area (Å²) in [6.07, 6.45) is -2.12. The van der Waals surface area contributed by atoms with Gasteiger partial charge in [-0.2, -0.15) is 13.2 Å². The fraction of sp³-hybridized carbons (Fsp3) is 0.438. The first kappa shape index (κ1) is 18.9. The van der Waals surface area contributed by atoms with E-state index in [0.29, 0.717) is 12.8 Å². The number of carbonyl (C=O) groups excluding carboxylic acids is 1. The Bertz CT molecular complexity index is 729. The topological polar surface area (TPSA) is 85.8 Å². The quantitative estimate of drug-likeness (QED) is 0.834. The number of hydrogen-bond donors (Lipinski definition) is 2. The molecule has 0 radical (unpaired) electrons. The molecular weight excluding hydrogens is 335 g/mol. The number of carbonyl (C=O) groups is 1. The predicted octanol–water partition coefficient (Wildman–Crippen LogP) is 2.53. The summed E-state index contributed by atoms with van der Waals surface area (Å²) < 4.78 is 40.3. The summed E-state index contributed by atoms with van der Waals surface area (Å²) in [6.45, 7) is 4.04. The van der Waals surface area contributed by atoms with Gasteiger partial charge in [0.2, 0.25) is 0 Å². The highest BCUT2D eigenvalue weighted by molar-refractivity contribution is 5.92. The van der Waals surface area contributed by atoms with Gasteiger partial charge in [0, 0.05) is 6.54 Å². The highest BCUT2D eigenvalue weighted by Crippen LogP contribution is 2.33. The van der Waals surface area contributed by atoms with E-state index >= 15 is 0 Å². The third kappa shape index (κ3) is 3.98. The average molecular weight is 355 g/mol. The van der Waals surface area contributed by atoms with Crippen LogP contribution in [-0.4, -0.2) is 33.0 Å². The van der Waals surface area contributed by atoms with Crippen LogP contribution >= 0.6 is 0 Å². The average Bonchev–Trinajstić information content (AvgIpc) is 3.09. The lowest BCUT2D eigenvalue weighted by Crippen LogP contribution is -2.53. The standard InChI is InChI=1S/C16H20F3N5O/c1-3-15(4-2,10-20)21-14(25)12-9-24(23-22-12)13-8-6-5-7-11(13)16(17,18)19/h5-9H,3-4,10,20H2,1-2H3,(H,21,25). The molecule has 0 fully saturated rings. The number of amides is 1. The Hall–Kier alpha value is -2.42. The maximum absolute atomic E-state index is 13.1. The Morgan fingerprint density at radius 1 is 1.24 bits per heavy atom. The van der Waals surface area contributed by atoms with E-state index in [9.17, 15) is 18.0 Å². The van der Waals surface area contributed by atoms with Crippen LogP contribution in [0.3, 0.4) is 0 Å². The van der Waals surface area contributed by atoms with Crippen LogP contribution in [0.4, 0.5) is 13.2 Å². The third-order valence-electron chi connectivity index (χ3n) is 4.31. The summed E-state index contributed by atoms with van der Waals surface area (Å²) in [7, 11) is 0. The van der Waals surface area contributed by atoms with Gasteiger partial charge in [-0.1, -0.05) is 31.2 Å². The molecule has 0 aliphatic carbocycles. The summed E-state index contributed by atoms with van der Waals surface area (Å²) in [5, 5.41) is 10.2. The fourth-order valence-corrected chi connectivity index (χ4v) is 2.47. The molecule has 1 aromatic heterocycles. The molecule has 0 aliphatic rings. The molecule has 2 aromatic rings. The Kier molecular flexibility index (Phi) is 5.46. The maximum Gasteiger partial charge on any atom is 0.418 e. The van der Waals surface area contributed by atoms with Gasteiger partial charge in [0.25, 0.3) is 5.91 Å². The van der Waals surface area contributed by atoms with Crippen molar-refractivity contribution in [3.05, 3.63) is 41.7 Å². The zero-order valence-corrected chi connectivity index (χ0v) is 14.0. The minimum atomic E-state index is -4.54. The zero-order valence-electron chi connectivity index (χ0n) is 14.0. The minimum absolute atomic E-state index is 0.0725. The van der Waals surface area contributed by atoms with Crippen molar-refractivity contribution in [2.75, 3.05) is 6.54 Å². The second-order valence-corrected chi connectivity index (χ2v) is 5.71. The fourth-order valence-electron chi connectivity index (χ4n) is 2.47. The number of benzene rings is 1. The largest absolute Gasteiger partial charge is 0.418 e. The molecule has 3 N–H and O–H groups in total. The van der Waals surface area contributed by atoms with E-state index in [1.54, 1.807) is 0 Å². The smallest absolute Gasteiger partial charge is 0.344 e. The van der Waals surface area contributed by atoms with Crippen LogP contribution in [0.2, 0.25) is 0 Å². The van der Waals surface area contributed by atoms with Crippen molar-refractivity contribution >= 4 is 5.91 Å². The molecule has 1 heterocycles. The molecule has 2 rings (SSSR count). The normalized spacial score (nSPS) is 12.2. The number of aromatic nitrogens is 3. The van der Waals surface area contributed by atoms with Crippen LogP contribution < -0.4 is 11.1 Å². The first-order valence-corrected chi connectivity index (χ1v) is 7.88. The van der Waals surface area contributed by atoms with E-state index in [0.717, 1.165) is 10.7 Å². The summed E-state index contributed by atoms with van der Waals surface area (Å²) in [6, 6.07) is 4.96. The highest BCUT2D eigenvalue weighted by atomic mass is 19.4. The van der Waals surface area contributed by atoms with E-state index in [-0.39, 0.29) is 17.9 Å². The second-order valence-electron chi connectivity index (χ2n) is 5.71. The lowest BCUT2D eigenvalue weighted by molar-refractivity contribution is -0.137. The lowest BCUT2D eigenvalue weighted by atomic mass is 9.93. The summed E-state index contributed by atoms with van der Waals surface area (Å²) >= 11 is 0. The van der Waals surface area contributed by atoms with Crippen LogP contribution in [0.1, 0.15) is 42.7 Å². The molecule has 1 amide bonds. The summed E-state index contributed by atoms with van der Waals surface area (Å²) in [5.74, 6) is -0.523. The second kappa shape index (κ2) is 7.22. The number of nitrogens with two attached hydrogens (primary N) is 1. The van der Waals surface area contributed by atoms with Gasteiger partial charge >= 0.3 is 6.18 Å². The Morgan fingerprint density at radius 2 is 1.88 bits per heavy atom. The molecule has 0 atom stereocenters. The summed E-state index contributed by atoms with van der Waals surface area (Å²) in [5.41, 5.74) is 4.03. The number of nitrogens with one attached hydrogen (secondary N) is 1. The van der Waals surface area contributed by atoms with E-state index in [4.69, 9.17) is 5.73 Å². The Labute approximate surface area is 143 Å². The van der Waals surface area contributed by atoms with Gasteiger partial charge in [0.15, 0.2) is 5.69 Å². The number of nitrogens with zero attached hydrogens (tertiary/aromatic N) is 3. The highest BCUT2D eigenvalue weighted by Gasteiger charge is 2.34. The summed E-state index contributed by atoms with van der Waals surface area (Å²) in [4.78, 5) is 12.4. The molecule has 9 heteroatoms. The first-order valence-electron chi connectivity index (χ1n) is 7.88. The van der Waals surface area contributed by atoms with Crippen LogP contribution in [-0.2, 0) is 6.18 Å². The zero-order chi connectivity index (χ0) is 18.7. The number of rotatable bonds is 6. The molecular formula is C16H20F3N5O. The monoisotopic (exact) mass is 355 g/mol. The van der Waals surface area contributed by atoms with Crippen molar-refractivity contribution in [2.45, 2.75) is 38.4 Å². The van der Waals surface area contributed by atoms with Gasteiger partial charge in [0.05, 0.1) is 23.0 Å². The lowest BCUT2D eigenvalue weighted by Gasteiger charge is -2.30. The van der Waals surface area contributed by atoms with Crippen molar-refractivity contribution in [1.82, 2.24) is 20.3 Å². The number of para-hydroxylation sites is 1. The van der Waals surface area contributed by atoms with E-state index in [1.165, 1.54) is 24.4 Å². The third-order valence-corrected chi connectivity index (χ3v) is 4.31. The molecule has 6 nitrogen and oxygen atoms in total. The minimum Gasteiger partial charge on any atom is -0.344 e. The van der Waals surface area contributed by atoms with Crippen molar-refractivity contribution in [2.24, 2.45) is 5.73 Å². The number of halogens is 3. The molecule has 0 spiro atoms. The SMILES string of the molecule is CCC(CC)(CN)NC(=O)c1cn(-c2ccccc2C(F)(F)F)nn1. The molecule has 136 valence electrons. The Morgan fingerprint density at radius 3 is 2.44 bits per heavy atom. The maximum atomic E-state index is 13.1. The van der Waals surface area contributed by atoms with E-state index in [2.05, 4.69) is 15.6 Å². The van der Waals surface area contributed by atoms with Crippen LogP contribution in [0.5, 0.6) is 0 Å².